The molecule has 0 aliphatic heterocycles. The highest BCUT2D eigenvalue weighted by molar-refractivity contribution is 9.10. The van der Waals surface area contributed by atoms with Gasteiger partial charge in [-0.05, 0) is 34.5 Å². The maximum absolute atomic E-state index is 4.36. The van der Waals surface area contributed by atoms with Crippen LogP contribution in [0.2, 0.25) is 0 Å². The van der Waals surface area contributed by atoms with Crippen molar-refractivity contribution in [2.24, 2.45) is 0 Å². The van der Waals surface area contributed by atoms with Gasteiger partial charge < -0.3 is 5.32 Å². The van der Waals surface area contributed by atoms with Crippen LogP contribution in [0.15, 0.2) is 35.3 Å². The lowest BCUT2D eigenvalue weighted by Crippen LogP contribution is -2.04. The Labute approximate surface area is 124 Å². The zero-order chi connectivity index (χ0) is 13.9. The summed E-state index contributed by atoms with van der Waals surface area (Å²) in [6.07, 6.45) is 6.07. The van der Waals surface area contributed by atoms with Crippen molar-refractivity contribution in [1.82, 2.24) is 24.7 Å². The Morgan fingerprint density at radius 1 is 1.20 bits per heavy atom. The van der Waals surface area contributed by atoms with E-state index in [2.05, 4.69) is 48.2 Å². The van der Waals surface area contributed by atoms with Crippen LogP contribution in [0.25, 0.3) is 16.9 Å². The van der Waals surface area contributed by atoms with Crippen LogP contribution < -0.4 is 5.32 Å². The van der Waals surface area contributed by atoms with Gasteiger partial charge in [-0.15, -0.1) is 0 Å². The fourth-order valence-corrected chi connectivity index (χ4v) is 2.12. The molecule has 0 fully saturated rings. The number of nitrogens with one attached hydrogen (secondary N) is 1. The van der Waals surface area contributed by atoms with Crippen molar-refractivity contribution < 1.29 is 0 Å². The second kappa shape index (κ2) is 5.54. The molecule has 0 unspecified atom stereocenters. The van der Waals surface area contributed by atoms with Gasteiger partial charge in [0.2, 0.25) is 0 Å². The normalized spacial score (nSPS) is 10.9. The SMILES string of the molecule is CCCNc1ncnc2c1cnn2-c1ccc(Br)cn1. The molecular formula is C13H13BrN6. The van der Waals surface area contributed by atoms with Crippen LogP contribution >= 0.6 is 15.9 Å². The third-order valence-corrected chi connectivity index (χ3v) is 3.31. The molecule has 0 amide bonds. The van der Waals surface area contributed by atoms with Crippen LogP contribution in [0.3, 0.4) is 0 Å². The first-order valence-corrected chi connectivity index (χ1v) is 7.13. The molecule has 0 aromatic carbocycles. The summed E-state index contributed by atoms with van der Waals surface area (Å²) in [5, 5.41) is 8.53. The number of halogens is 1. The van der Waals surface area contributed by atoms with E-state index in [-0.39, 0.29) is 0 Å². The second-order valence-corrected chi connectivity index (χ2v) is 5.19. The Morgan fingerprint density at radius 3 is 2.85 bits per heavy atom. The topological polar surface area (TPSA) is 68.5 Å². The molecule has 0 bridgehead atoms. The standard InChI is InChI=1S/C13H13BrN6/c1-2-5-15-12-10-7-19-20(13(10)18-8-17-12)11-4-3-9(14)6-16-11/h3-4,6-8H,2,5H2,1H3,(H,15,17,18). The Kier molecular flexibility index (Phi) is 3.60. The van der Waals surface area contributed by atoms with Gasteiger partial charge in [-0.3, -0.25) is 0 Å². The zero-order valence-electron chi connectivity index (χ0n) is 10.9. The van der Waals surface area contributed by atoms with Gasteiger partial charge in [0.05, 0.1) is 11.6 Å². The molecular weight excluding hydrogens is 320 g/mol. The summed E-state index contributed by atoms with van der Waals surface area (Å²) in [4.78, 5) is 12.9. The number of aromatic nitrogens is 5. The van der Waals surface area contributed by atoms with Gasteiger partial charge in [-0.25, -0.2) is 15.0 Å². The lowest BCUT2D eigenvalue weighted by atomic mass is 10.3. The van der Waals surface area contributed by atoms with E-state index < -0.39 is 0 Å². The van der Waals surface area contributed by atoms with E-state index in [1.54, 1.807) is 17.1 Å². The minimum absolute atomic E-state index is 0.725. The van der Waals surface area contributed by atoms with Crippen LogP contribution in [0.5, 0.6) is 0 Å². The molecule has 0 radical (unpaired) electrons. The first kappa shape index (κ1) is 13.0. The van der Waals surface area contributed by atoms with Crippen LogP contribution in [0.4, 0.5) is 5.82 Å². The smallest absolute Gasteiger partial charge is 0.170 e. The average molecular weight is 333 g/mol. The van der Waals surface area contributed by atoms with Gasteiger partial charge >= 0.3 is 0 Å². The van der Waals surface area contributed by atoms with Gasteiger partial charge in [0.1, 0.15) is 12.1 Å². The molecule has 6 nitrogen and oxygen atoms in total. The Morgan fingerprint density at radius 2 is 2.10 bits per heavy atom. The summed E-state index contributed by atoms with van der Waals surface area (Å²) in [6.45, 7) is 2.98. The second-order valence-electron chi connectivity index (χ2n) is 4.28. The van der Waals surface area contributed by atoms with Gasteiger partial charge in [-0.2, -0.15) is 9.78 Å². The van der Waals surface area contributed by atoms with Crippen molar-refractivity contribution in [3.63, 3.8) is 0 Å². The summed E-state index contributed by atoms with van der Waals surface area (Å²) >= 11 is 3.37. The lowest BCUT2D eigenvalue weighted by Gasteiger charge is -2.05. The quantitative estimate of drug-likeness (QED) is 0.795. The maximum Gasteiger partial charge on any atom is 0.170 e. The molecule has 102 valence electrons. The molecule has 0 saturated carbocycles. The third kappa shape index (κ3) is 2.36. The molecule has 0 spiro atoms. The Bertz CT molecular complexity index is 721. The van der Waals surface area contributed by atoms with E-state index in [4.69, 9.17) is 0 Å². The van der Waals surface area contributed by atoms with Crippen molar-refractivity contribution in [3.8, 4) is 5.82 Å². The fourth-order valence-electron chi connectivity index (χ4n) is 1.89. The van der Waals surface area contributed by atoms with Crippen LogP contribution in [-0.2, 0) is 0 Å². The van der Waals surface area contributed by atoms with Crippen molar-refractivity contribution in [3.05, 3.63) is 35.3 Å². The molecule has 0 saturated heterocycles. The molecule has 20 heavy (non-hydrogen) atoms. The Hall–Kier alpha value is -2.02. The highest BCUT2D eigenvalue weighted by Gasteiger charge is 2.11. The Balaban J connectivity index is 2.07. The zero-order valence-corrected chi connectivity index (χ0v) is 12.5. The lowest BCUT2D eigenvalue weighted by molar-refractivity contribution is 0.860. The molecule has 0 aliphatic carbocycles. The average Bonchev–Trinajstić information content (AvgIpc) is 2.90. The molecule has 0 aliphatic rings. The predicted molar refractivity (Wildman–Crippen MR) is 80.9 cm³/mol. The number of nitrogens with zero attached hydrogens (tertiary/aromatic N) is 5. The predicted octanol–water partition coefficient (Wildman–Crippen LogP) is 2.79. The van der Waals surface area contributed by atoms with E-state index in [9.17, 15) is 0 Å². The molecule has 1 N–H and O–H groups in total. The molecule has 7 heteroatoms. The maximum atomic E-state index is 4.36. The summed E-state index contributed by atoms with van der Waals surface area (Å²) in [5.74, 6) is 1.53. The van der Waals surface area contributed by atoms with E-state index in [0.717, 1.165) is 40.1 Å². The summed E-state index contributed by atoms with van der Waals surface area (Å²) in [6, 6.07) is 3.81. The number of hydrogen-bond donors (Lipinski definition) is 1. The number of fused-ring (bicyclic) bond motifs is 1. The molecule has 0 atom stereocenters. The molecule has 3 rings (SSSR count). The molecule has 3 aromatic rings. The number of anilines is 1. The van der Waals surface area contributed by atoms with Crippen LogP contribution in [0.1, 0.15) is 13.3 Å². The van der Waals surface area contributed by atoms with E-state index in [1.807, 2.05) is 12.1 Å². The monoisotopic (exact) mass is 332 g/mol. The van der Waals surface area contributed by atoms with Crippen molar-refractivity contribution in [2.75, 3.05) is 11.9 Å². The fraction of sp³-hybridized carbons (Fsp3) is 0.231. The largest absolute Gasteiger partial charge is 0.369 e. The summed E-state index contributed by atoms with van der Waals surface area (Å²) < 4.78 is 2.64. The molecule has 3 aromatic heterocycles. The van der Waals surface area contributed by atoms with E-state index in [1.165, 1.54) is 6.33 Å². The number of hydrogen-bond acceptors (Lipinski definition) is 5. The van der Waals surface area contributed by atoms with E-state index >= 15 is 0 Å². The minimum Gasteiger partial charge on any atom is -0.369 e. The third-order valence-electron chi connectivity index (χ3n) is 2.84. The van der Waals surface area contributed by atoms with E-state index in [0.29, 0.717) is 0 Å². The highest BCUT2D eigenvalue weighted by Crippen LogP contribution is 2.21. The van der Waals surface area contributed by atoms with Gasteiger partial charge in [0, 0.05) is 17.2 Å². The van der Waals surface area contributed by atoms with Gasteiger partial charge in [-0.1, -0.05) is 6.92 Å². The number of pyridine rings is 1. The van der Waals surface area contributed by atoms with Gasteiger partial charge in [0.25, 0.3) is 0 Å². The summed E-state index contributed by atoms with van der Waals surface area (Å²) in [7, 11) is 0. The highest BCUT2D eigenvalue weighted by atomic mass is 79.9. The van der Waals surface area contributed by atoms with Gasteiger partial charge in [0.15, 0.2) is 11.5 Å². The van der Waals surface area contributed by atoms with Crippen molar-refractivity contribution in [2.45, 2.75) is 13.3 Å². The molecule has 3 heterocycles. The summed E-state index contributed by atoms with van der Waals surface area (Å²) in [5.41, 5.74) is 0.744. The minimum atomic E-state index is 0.725. The first-order chi connectivity index (χ1) is 9.79. The van der Waals surface area contributed by atoms with Crippen LogP contribution in [-0.4, -0.2) is 31.3 Å². The first-order valence-electron chi connectivity index (χ1n) is 6.34. The van der Waals surface area contributed by atoms with Crippen molar-refractivity contribution >= 4 is 32.8 Å². The van der Waals surface area contributed by atoms with Crippen LogP contribution in [0, 0.1) is 0 Å². The number of rotatable bonds is 4. The van der Waals surface area contributed by atoms with Crippen molar-refractivity contribution in [1.29, 1.82) is 0 Å².